The molecule has 0 heterocycles. The average molecular weight is 231 g/mol. The normalized spacial score (nSPS) is 20.4. The molecular weight excluding hydrogens is 218 g/mol. The number of hydrogen-bond donors (Lipinski definition) is 1. The van der Waals surface area contributed by atoms with E-state index in [1.54, 1.807) is 6.07 Å². The summed E-state index contributed by atoms with van der Waals surface area (Å²) in [5.41, 5.74) is 0.989. The van der Waals surface area contributed by atoms with Gasteiger partial charge in [0.1, 0.15) is 11.6 Å². The van der Waals surface area contributed by atoms with Gasteiger partial charge in [0.25, 0.3) is 5.69 Å². The molecule has 0 radical (unpaired) electrons. The lowest BCUT2D eigenvalue weighted by molar-refractivity contribution is -0.385. The van der Waals surface area contributed by atoms with Gasteiger partial charge in [-0.05, 0) is 24.0 Å². The average Bonchev–Trinajstić information content (AvgIpc) is 2.85. The topological polar surface area (TPSA) is 79.0 Å². The Morgan fingerprint density at radius 2 is 2.24 bits per heavy atom. The molecule has 1 fully saturated rings. The molecule has 5 heteroatoms. The highest BCUT2D eigenvalue weighted by molar-refractivity contribution is 5.59. The third kappa shape index (κ3) is 2.21. The highest BCUT2D eigenvalue weighted by atomic mass is 16.6. The van der Waals surface area contributed by atoms with Gasteiger partial charge in [-0.25, -0.2) is 0 Å². The Hall–Kier alpha value is -2.09. The molecule has 88 valence electrons. The van der Waals surface area contributed by atoms with Crippen molar-refractivity contribution in [2.24, 2.45) is 5.41 Å². The first-order chi connectivity index (χ1) is 7.94. The third-order valence-electron chi connectivity index (χ3n) is 3.17. The molecule has 0 spiro atoms. The Morgan fingerprint density at radius 3 is 2.71 bits per heavy atom. The van der Waals surface area contributed by atoms with Crippen LogP contribution < -0.4 is 5.32 Å². The fourth-order valence-electron chi connectivity index (χ4n) is 1.79. The van der Waals surface area contributed by atoms with Gasteiger partial charge in [0.05, 0.1) is 4.92 Å². The number of anilines is 1. The Kier molecular flexibility index (Phi) is 2.50. The maximum Gasteiger partial charge on any atom is 0.287 e. The van der Waals surface area contributed by atoms with E-state index in [2.05, 4.69) is 19.2 Å². The van der Waals surface area contributed by atoms with Gasteiger partial charge in [-0.3, -0.25) is 10.1 Å². The lowest BCUT2D eigenvalue weighted by Crippen LogP contribution is -2.08. The molecule has 1 saturated carbocycles. The van der Waals surface area contributed by atoms with E-state index in [4.69, 9.17) is 5.26 Å². The highest BCUT2D eigenvalue weighted by Crippen LogP contribution is 2.46. The second-order valence-electron chi connectivity index (χ2n) is 4.99. The summed E-state index contributed by atoms with van der Waals surface area (Å²) in [6.45, 7) is 4.31. The van der Waals surface area contributed by atoms with Crippen molar-refractivity contribution in [1.82, 2.24) is 0 Å². The van der Waals surface area contributed by atoms with E-state index in [1.165, 1.54) is 12.1 Å². The van der Waals surface area contributed by atoms with E-state index < -0.39 is 4.92 Å². The van der Waals surface area contributed by atoms with Crippen LogP contribution in [0.25, 0.3) is 0 Å². The zero-order valence-electron chi connectivity index (χ0n) is 9.73. The fraction of sp³-hybridized carbons (Fsp3) is 0.417. The van der Waals surface area contributed by atoms with Gasteiger partial charge in [-0.1, -0.05) is 13.8 Å². The van der Waals surface area contributed by atoms with Crippen molar-refractivity contribution < 1.29 is 4.92 Å². The Labute approximate surface area is 99.2 Å². The standard InChI is InChI=1S/C12H13N3O2/c1-12(2)6-11(12)14-9-3-4-10(15(16)17)8(5-9)7-13/h3-5,11,14H,6H2,1-2H3. The van der Waals surface area contributed by atoms with Crippen LogP contribution in [0, 0.1) is 26.9 Å². The highest BCUT2D eigenvalue weighted by Gasteiger charge is 2.45. The molecule has 0 aromatic heterocycles. The molecule has 1 aromatic rings. The van der Waals surface area contributed by atoms with Crippen LogP contribution >= 0.6 is 0 Å². The van der Waals surface area contributed by atoms with Gasteiger partial charge in [-0.15, -0.1) is 0 Å². The number of benzene rings is 1. The molecule has 17 heavy (non-hydrogen) atoms. The number of nitrogens with zero attached hydrogens (tertiary/aromatic N) is 2. The first kappa shape index (κ1) is 11.4. The monoisotopic (exact) mass is 231 g/mol. The van der Waals surface area contributed by atoms with Gasteiger partial charge in [-0.2, -0.15) is 5.26 Å². The Balaban J connectivity index is 2.21. The molecule has 0 amide bonds. The fourth-order valence-corrected chi connectivity index (χ4v) is 1.79. The summed E-state index contributed by atoms with van der Waals surface area (Å²) in [6.07, 6.45) is 1.08. The number of nitrogens with one attached hydrogen (secondary N) is 1. The molecular formula is C12H13N3O2. The first-order valence-electron chi connectivity index (χ1n) is 5.39. The van der Waals surface area contributed by atoms with Crippen molar-refractivity contribution in [3.8, 4) is 6.07 Å². The second-order valence-corrected chi connectivity index (χ2v) is 4.99. The first-order valence-corrected chi connectivity index (χ1v) is 5.39. The number of nitriles is 1. The molecule has 0 aliphatic heterocycles. The number of nitro groups is 1. The maximum atomic E-state index is 10.7. The van der Waals surface area contributed by atoms with E-state index >= 15 is 0 Å². The molecule has 1 atom stereocenters. The summed E-state index contributed by atoms with van der Waals surface area (Å²) in [5, 5.41) is 22.8. The van der Waals surface area contributed by atoms with Crippen molar-refractivity contribution in [1.29, 1.82) is 5.26 Å². The predicted octanol–water partition coefficient (Wildman–Crippen LogP) is 2.68. The summed E-state index contributed by atoms with van der Waals surface area (Å²) in [4.78, 5) is 10.1. The largest absolute Gasteiger partial charge is 0.382 e. The number of rotatable bonds is 3. The second kappa shape index (κ2) is 3.74. The third-order valence-corrected chi connectivity index (χ3v) is 3.17. The zero-order chi connectivity index (χ0) is 12.6. The number of nitro benzene ring substituents is 1. The minimum absolute atomic E-state index is 0.0958. The maximum absolute atomic E-state index is 10.7. The van der Waals surface area contributed by atoms with E-state index in [-0.39, 0.29) is 16.7 Å². The molecule has 1 N–H and O–H groups in total. The summed E-state index contributed by atoms with van der Waals surface area (Å²) in [5.74, 6) is 0. The van der Waals surface area contributed by atoms with E-state index in [9.17, 15) is 10.1 Å². The number of hydrogen-bond acceptors (Lipinski definition) is 4. The van der Waals surface area contributed by atoms with Gasteiger partial charge < -0.3 is 5.32 Å². The summed E-state index contributed by atoms with van der Waals surface area (Å²) >= 11 is 0. The summed E-state index contributed by atoms with van der Waals surface area (Å²) in [6, 6.07) is 6.79. The molecule has 0 saturated heterocycles. The van der Waals surface area contributed by atoms with Crippen LogP contribution in [-0.2, 0) is 0 Å². The summed E-state index contributed by atoms with van der Waals surface area (Å²) < 4.78 is 0. The summed E-state index contributed by atoms with van der Waals surface area (Å²) in [7, 11) is 0. The molecule has 1 aliphatic carbocycles. The molecule has 1 unspecified atom stereocenters. The van der Waals surface area contributed by atoms with Crippen LogP contribution in [0.4, 0.5) is 11.4 Å². The molecule has 1 aliphatic rings. The van der Waals surface area contributed by atoms with Crippen molar-refractivity contribution in [3.05, 3.63) is 33.9 Å². The molecule has 2 rings (SSSR count). The van der Waals surface area contributed by atoms with Crippen molar-refractivity contribution in [2.45, 2.75) is 26.3 Å². The SMILES string of the molecule is CC1(C)CC1Nc1ccc([N+](=O)[O-])c(C#N)c1. The van der Waals surface area contributed by atoms with Crippen LogP contribution in [0.15, 0.2) is 18.2 Å². The quantitative estimate of drug-likeness (QED) is 0.640. The van der Waals surface area contributed by atoms with E-state index in [1.807, 2.05) is 6.07 Å². The van der Waals surface area contributed by atoms with Crippen molar-refractivity contribution in [2.75, 3.05) is 5.32 Å². The van der Waals surface area contributed by atoms with E-state index in [0.29, 0.717) is 6.04 Å². The minimum Gasteiger partial charge on any atom is -0.382 e. The van der Waals surface area contributed by atoms with Gasteiger partial charge in [0.2, 0.25) is 0 Å². The smallest absolute Gasteiger partial charge is 0.287 e. The van der Waals surface area contributed by atoms with Crippen LogP contribution in [0.2, 0.25) is 0 Å². The van der Waals surface area contributed by atoms with Crippen LogP contribution in [0.5, 0.6) is 0 Å². The van der Waals surface area contributed by atoms with Crippen molar-refractivity contribution in [3.63, 3.8) is 0 Å². The zero-order valence-corrected chi connectivity index (χ0v) is 9.73. The predicted molar refractivity (Wildman–Crippen MR) is 63.6 cm³/mol. The Morgan fingerprint density at radius 1 is 1.59 bits per heavy atom. The van der Waals surface area contributed by atoms with Crippen LogP contribution in [0.3, 0.4) is 0 Å². The lowest BCUT2D eigenvalue weighted by atomic mass is 10.1. The Bertz CT molecular complexity index is 517. The van der Waals surface area contributed by atoms with Gasteiger partial charge in [0.15, 0.2) is 0 Å². The van der Waals surface area contributed by atoms with E-state index in [0.717, 1.165) is 12.1 Å². The lowest BCUT2D eigenvalue weighted by Gasteiger charge is -2.08. The van der Waals surface area contributed by atoms with Crippen molar-refractivity contribution >= 4 is 11.4 Å². The molecule has 0 bridgehead atoms. The van der Waals surface area contributed by atoms with Crippen LogP contribution in [-0.4, -0.2) is 11.0 Å². The van der Waals surface area contributed by atoms with Gasteiger partial charge >= 0.3 is 0 Å². The molecule has 1 aromatic carbocycles. The minimum atomic E-state index is -0.538. The van der Waals surface area contributed by atoms with Gasteiger partial charge in [0, 0.05) is 17.8 Å². The molecule has 5 nitrogen and oxygen atoms in total. The van der Waals surface area contributed by atoms with Crippen LogP contribution in [0.1, 0.15) is 25.8 Å².